The number of amides is 2. The van der Waals surface area contributed by atoms with Gasteiger partial charge in [-0.2, -0.15) is 0 Å². The van der Waals surface area contributed by atoms with Gasteiger partial charge in [0.1, 0.15) is 5.54 Å². The number of Topliss-reactive ketones (excluding diaryl/α,β-unsaturated/α-hetero) is 1. The molecular formula is C25H32N4O3. The molecule has 0 aliphatic carbocycles. The van der Waals surface area contributed by atoms with E-state index in [0.29, 0.717) is 18.8 Å². The van der Waals surface area contributed by atoms with Crippen LogP contribution >= 0.6 is 0 Å². The molecule has 7 nitrogen and oxygen atoms in total. The van der Waals surface area contributed by atoms with Crippen LogP contribution in [0.5, 0.6) is 0 Å². The highest BCUT2D eigenvalue weighted by molar-refractivity contribution is 6.10. The number of carbonyl (C=O) groups excluding carboxylic acids is 3. The molecule has 1 aromatic carbocycles. The summed E-state index contributed by atoms with van der Waals surface area (Å²) in [5.41, 5.74) is 2.98. The molecule has 2 aromatic rings. The first kappa shape index (κ1) is 23.4. The quantitative estimate of drug-likeness (QED) is 0.729. The van der Waals surface area contributed by atoms with E-state index in [4.69, 9.17) is 0 Å². The number of piperazine rings is 1. The number of carbonyl (C=O) groups is 3. The van der Waals surface area contributed by atoms with Gasteiger partial charge in [-0.05, 0) is 49.6 Å². The summed E-state index contributed by atoms with van der Waals surface area (Å²) in [7, 11) is 0. The molecule has 0 saturated carbocycles. The Morgan fingerprint density at radius 3 is 2.47 bits per heavy atom. The smallest absolute Gasteiger partial charge is 0.228 e. The molecule has 2 aliphatic heterocycles. The molecule has 170 valence electrons. The third kappa shape index (κ3) is 4.52. The molecule has 2 amide bonds. The van der Waals surface area contributed by atoms with E-state index in [1.807, 2.05) is 4.90 Å². The van der Waals surface area contributed by atoms with Crippen LogP contribution in [0.15, 0.2) is 42.6 Å². The van der Waals surface area contributed by atoms with Crippen LogP contribution in [-0.2, 0) is 19.9 Å². The summed E-state index contributed by atoms with van der Waals surface area (Å²) >= 11 is 0. The van der Waals surface area contributed by atoms with E-state index in [1.165, 1.54) is 16.8 Å². The summed E-state index contributed by atoms with van der Waals surface area (Å²) < 4.78 is 0. The van der Waals surface area contributed by atoms with Gasteiger partial charge >= 0.3 is 0 Å². The van der Waals surface area contributed by atoms with Crippen molar-refractivity contribution in [2.45, 2.75) is 46.1 Å². The van der Waals surface area contributed by atoms with Gasteiger partial charge in [0.05, 0.1) is 12.1 Å². The average Bonchev–Trinajstić information content (AvgIpc) is 3.08. The number of pyridine rings is 1. The Morgan fingerprint density at radius 2 is 1.84 bits per heavy atom. The molecule has 0 radical (unpaired) electrons. The third-order valence-electron chi connectivity index (χ3n) is 6.30. The third-order valence-corrected chi connectivity index (χ3v) is 6.30. The minimum atomic E-state index is -1.20. The van der Waals surface area contributed by atoms with Gasteiger partial charge in [0, 0.05) is 44.5 Å². The van der Waals surface area contributed by atoms with Crippen LogP contribution < -0.4 is 10.2 Å². The largest absolute Gasteiger partial charge is 0.368 e. The highest BCUT2D eigenvalue weighted by atomic mass is 16.2. The van der Waals surface area contributed by atoms with E-state index in [0.717, 1.165) is 13.1 Å². The Labute approximate surface area is 189 Å². The van der Waals surface area contributed by atoms with Gasteiger partial charge in [0.25, 0.3) is 0 Å². The van der Waals surface area contributed by atoms with Crippen molar-refractivity contribution in [1.29, 1.82) is 0 Å². The standard InChI is InChI=1S/C24H28N4O3.CH4/c1-17-6-7-18(2)19(15-17)27-11-13-28(14-12-27)23(31)8-9-24(20-5-3-4-10-25-20)21(29)16-22(30)26-24;/h3-7,10,15H,8-9,11-14,16H2,1-2H3,(H,26,30);1H4. The molecule has 2 fully saturated rings. The first-order chi connectivity index (χ1) is 14.9. The average molecular weight is 437 g/mol. The predicted octanol–water partition coefficient (Wildman–Crippen LogP) is 2.75. The summed E-state index contributed by atoms with van der Waals surface area (Å²) in [6, 6.07) is 11.7. The summed E-state index contributed by atoms with van der Waals surface area (Å²) in [4.78, 5) is 46.1. The van der Waals surface area contributed by atoms with E-state index in [1.54, 1.807) is 24.4 Å². The lowest BCUT2D eigenvalue weighted by Crippen LogP contribution is -2.50. The van der Waals surface area contributed by atoms with Crippen molar-refractivity contribution in [3.63, 3.8) is 0 Å². The number of aryl methyl sites for hydroxylation is 2. The number of aromatic nitrogens is 1. The van der Waals surface area contributed by atoms with Crippen LogP contribution in [0.1, 0.15) is 43.5 Å². The van der Waals surface area contributed by atoms with E-state index in [9.17, 15) is 14.4 Å². The van der Waals surface area contributed by atoms with Gasteiger partial charge in [-0.3, -0.25) is 19.4 Å². The molecule has 1 atom stereocenters. The first-order valence-corrected chi connectivity index (χ1v) is 10.7. The molecule has 32 heavy (non-hydrogen) atoms. The number of benzene rings is 1. The second kappa shape index (κ2) is 9.51. The van der Waals surface area contributed by atoms with Crippen LogP contribution in [0.3, 0.4) is 0 Å². The Kier molecular flexibility index (Phi) is 6.96. The molecule has 1 unspecified atom stereocenters. The fourth-order valence-electron chi connectivity index (χ4n) is 4.51. The van der Waals surface area contributed by atoms with Crippen molar-refractivity contribution < 1.29 is 14.4 Å². The van der Waals surface area contributed by atoms with Crippen LogP contribution in [0.4, 0.5) is 5.69 Å². The van der Waals surface area contributed by atoms with Crippen LogP contribution in [-0.4, -0.2) is 53.7 Å². The fourth-order valence-corrected chi connectivity index (χ4v) is 4.51. The first-order valence-electron chi connectivity index (χ1n) is 10.7. The topological polar surface area (TPSA) is 82.6 Å². The maximum Gasteiger partial charge on any atom is 0.228 e. The van der Waals surface area contributed by atoms with Gasteiger partial charge < -0.3 is 15.1 Å². The number of ketones is 1. The van der Waals surface area contributed by atoms with Crippen molar-refractivity contribution in [1.82, 2.24) is 15.2 Å². The lowest BCUT2D eigenvalue weighted by molar-refractivity contribution is -0.132. The molecule has 0 bridgehead atoms. The lowest BCUT2D eigenvalue weighted by atomic mass is 9.86. The van der Waals surface area contributed by atoms with E-state index in [2.05, 4.69) is 47.2 Å². The van der Waals surface area contributed by atoms with Gasteiger partial charge in [-0.15, -0.1) is 0 Å². The molecule has 3 heterocycles. The minimum Gasteiger partial charge on any atom is -0.368 e. The summed E-state index contributed by atoms with van der Waals surface area (Å²) in [5, 5.41) is 2.80. The molecule has 1 N–H and O–H groups in total. The maximum atomic E-state index is 12.9. The highest BCUT2D eigenvalue weighted by Gasteiger charge is 2.48. The second-order valence-corrected chi connectivity index (χ2v) is 8.43. The summed E-state index contributed by atoms with van der Waals surface area (Å²) in [6.07, 6.45) is 1.85. The fraction of sp³-hybridized carbons (Fsp3) is 0.440. The predicted molar refractivity (Wildman–Crippen MR) is 124 cm³/mol. The number of anilines is 1. The summed E-state index contributed by atoms with van der Waals surface area (Å²) in [6.45, 7) is 7.03. The maximum absolute atomic E-state index is 12.9. The van der Waals surface area contributed by atoms with E-state index >= 15 is 0 Å². The van der Waals surface area contributed by atoms with Crippen LogP contribution in [0.2, 0.25) is 0 Å². The van der Waals surface area contributed by atoms with Gasteiger partial charge in [0.2, 0.25) is 11.8 Å². The zero-order valence-corrected chi connectivity index (χ0v) is 18.1. The molecule has 2 saturated heterocycles. The van der Waals surface area contributed by atoms with Gasteiger partial charge in [-0.1, -0.05) is 25.6 Å². The molecule has 4 rings (SSSR count). The molecular weight excluding hydrogens is 404 g/mol. The van der Waals surface area contributed by atoms with Crippen molar-refractivity contribution in [3.05, 3.63) is 59.4 Å². The zero-order valence-electron chi connectivity index (χ0n) is 18.1. The van der Waals surface area contributed by atoms with Crippen molar-refractivity contribution in [3.8, 4) is 0 Å². The Morgan fingerprint density at radius 1 is 1.09 bits per heavy atom. The lowest BCUT2D eigenvalue weighted by Gasteiger charge is -2.37. The highest BCUT2D eigenvalue weighted by Crippen LogP contribution is 2.32. The Hall–Kier alpha value is -3.22. The number of hydrogen-bond donors (Lipinski definition) is 1. The number of rotatable bonds is 5. The molecule has 2 aliphatic rings. The normalized spacial score (nSPS) is 20.7. The Bertz CT molecular complexity index is 1000. The molecule has 7 heteroatoms. The second-order valence-electron chi connectivity index (χ2n) is 8.43. The van der Waals surface area contributed by atoms with Crippen molar-refractivity contribution >= 4 is 23.3 Å². The number of nitrogens with one attached hydrogen (secondary N) is 1. The van der Waals surface area contributed by atoms with Crippen molar-refractivity contribution in [2.75, 3.05) is 31.1 Å². The van der Waals surface area contributed by atoms with E-state index < -0.39 is 5.54 Å². The summed E-state index contributed by atoms with van der Waals surface area (Å²) in [5.74, 6) is -0.529. The number of hydrogen-bond acceptors (Lipinski definition) is 5. The van der Waals surface area contributed by atoms with E-state index in [-0.39, 0.29) is 44.3 Å². The monoisotopic (exact) mass is 436 g/mol. The molecule has 0 spiro atoms. The zero-order chi connectivity index (χ0) is 22.0. The number of nitrogens with zero attached hydrogens (tertiary/aromatic N) is 3. The molecule has 1 aromatic heterocycles. The van der Waals surface area contributed by atoms with Gasteiger partial charge in [0.15, 0.2) is 5.78 Å². The van der Waals surface area contributed by atoms with Gasteiger partial charge in [-0.25, -0.2) is 0 Å². The van der Waals surface area contributed by atoms with Crippen molar-refractivity contribution in [2.24, 2.45) is 0 Å². The van der Waals surface area contributed by atoms with Crippen LogP contribution in [0, 0.1) is 13.8 Å². The Balaban J connectivity index is 0.00000289. The minimum absolute atomic E-state index is 0. The van der Waals surface area contributed by atoms with Crippen LogP contribution in [0.25, 0.3) is 0 Å². The SMILES string of the molecule is C.Cc1ccc(C)c(N2CCN(C(=O)CCC3(c4ccccn4)NC(=O)CC3=O)CC2)c1.